The van der Waals surface area contributed by atoms with Crippen LogP contribution in [0.4, 0.5) is 11.5 Å². The van der Waals surface area contributed by atoms with Crippen molar-refractivity contribution in [1.29, 1.82) is 0 Å². The molecular weight excluding hydrogens is 276 g/mol. The lowest BCUT2D eigenvalue weighted by Gasteiger charge is -2.31. The number of carbonyl (C=O) groups is 1. The van der Waals surface area contributed by atoms with Gasteiger partial charge in [0.05, 0.1) is 11.9 Å². The molecule has 1 atom stereocenters. The van der Waals surface area contributed by atoms with Gasteiger partial charge in [0.15, 0.2) is 0 Å². The molecule has 1 N–H and O–H groups in total. The lowest BCUT2D eigenvalue weighted by molar-refractivity contribution is -0.130. The van der Waals surface area contributed by atoms with E-state index in [9.17, 15) is 4.79 Å². The topological polar surface area (TPSA) is 58.1 Å². The van der Waals surface area contributed by atoms with E-state index in [0.717, 1.165) is 43.1 Å². The molecule has 2 aromatic rings. The van der Waals surface area contributed by atoms with Gasteiger partial charge in [0.1, 0.15) is 5.82 Å². The van der Waals surface area contributed by atoms with E-state index < -0.39 is 0 Å². The Morgan fingerprint density at radius 3 is 2.86 bits per heavy atom. The molecule has 1 saturated heterocycles. The second-order valence-electron chi connectivity index (χ2n) is 5.62. The zero-order valence-electron chi connectivity index (χ0n) is 12.7. The maximum absolute atomic E-state index is 11.5. The quantitative estimate of drug-likeness (QED) is 0.946. The highest BCUT2D eigenvalue weighted by Crippen LogP contribution is 2.26. The average Bonchev–Trinajstić information content (AvgIpc) is 2.56. The number of nitrogens with zero attached hydrogens (tertiary/aromatic N) is 3. The van der Waals surface area contributed by atoms with Crippen LogP contribution in [-0.4, -0.2) is 33.9 Å². The first-order valence-corrected chi connectivity index (χ1v) is 7.62. The largest absolute Gasteiger partial charge is 0.342 e. The Bertz CT molecular complexity index is 627. The minimum atomic E-state index is 0.151. The van der Waals surface area contributed by atoms with Crippen LogP contribution in [0.25, 0.3) is 0 Å². The van der Waals surface area contributed by atoms with Crippen LogP contribution in [0.5, 0.6) is 0 Å². The third-order valence-corrected chi connectivity index (χ3v) is 4.01. The first-order valence-electron chi connectivity index (χ1n) is 7.62. The number of amides is 1. The molecule has 0 unspecified atom stereocenters. The molecule has 22 heavy (non-hydrogen) atoms. The molecule has 0 spiro atoms. The summed E-state index contributed by atoms with van der Waals surface area (Å²) in [6, 6.07) is 9.80. The monoisotopic (exact) mass is 296 g/mol. The maximum Gasteiger partial charge on any atom is 0.219 e. The highest BCUT2D eigenvalue weighted by molar-refractivity contribution is 5.73. The van der Waals surface area contributed by atoms with Gasteiger partial charge in [-0.3, -0.25) is 9.78 Å². The van der Waals surface area contributed by atoms with E-state index in [4.69, 9.17) is 0 Å². The zero-order chi connectivity index (χ0) is 15.4. The van der Waals surface area contributed by atoms with Crippen LogP contribution >= 0.6 is 0 Å². The fraction of sp³-hybridized carbons (Fsp3) is 0.353. The Hall–Kier alpha value is -2.43. The summed E-state index contributed by atoms with van der Waals surface area (Å²) in [5, 5.41) is 3.22. The maximum atomic E-state index is 11.5. The van der Waals surface area contributed by atoms with Gasteiger partial charge in [0, 0.05) is 37.8 Å². The average molecular weight is 296 g/mol. The molecule has 1 aliphatic heterocycles. The molecule has 3 rings (SSSR count). The zero-order valence-corrected chi connectivity index (χ0v) is 12.7. The van der Waals surface area contributed by atoms with E-state index in [-0.39, 0.29) is 5.91 Å². The van der Waals surface area contributed by atoms with Gasteiger partial charge in [-0.15, -0.1) is 0 Å². The molecule has 1 fully saturated rings. The molecule has 3 heterocycles. The number of anilines is 2. The fourth-order valence-corrected chi connectivity index (χ4v) is 2.81. The molecule has 114 valence electrons. The lowest BCUT2D eigenvalue weighted by Crippen LogP contribution is -2.37. The van der Waals surface area contributed by atoms with Crippen LogP contribution in [0.2, 0.25) is 0 Å². The van der Waals surface area contributed by atoms with Crippen molar-refractivity contribution in [2.75, 3.05) is 18.4 Å². The lowest BCUT2D eigenvalue weighted by atomic mass is 9.94. The molecule has 5 nitrogen and oxygen atoms in total. The number of carbonyl (C=O) groups excluding carboxylic acids is 1. The SMILES string of the molecule is CC(=O)N1CCC[C@@H](c2ccc(Nc3ccccn3)cn2)C1. The number of nitrogens with one attached hydrogen (secondary N) is 1. The van der Waals surface area contributed by atoms with Crippen molar-refractivity contribution in [3.05, 3.63) is 48.4 Å². The second kappa shape index (κ2) is 6.56. The number of pyridine rings is 2. The summed E-state index contributed by atoms with van der Waals surface area (Å²) in [6.07, 6.45) is 5.71. The van der Waals surface area contributed by atoms with Crippen molar-refractivity contribution in [2.45, 2.75) is 25.7 Å². The highest BCUT2D eigenvalue weighted by atomic mass is 16.2. The number of hydrogen-bond acceptors (Lipinski definition) is 4. The van der Waals surface area contributed by atoms with Gasteiger partial charge in [-0.1, -0.05) is 6.07 Å². The molecule has 2 aromatic heterocycles. The van der Waals surface area contributed by atoms with Gasteiger partial charge in [0.25, 0.3) is 0 Å². The van der Waals surface area contributed by atoms with Crippen LogP contribution in [-0.2, 0) is 4.79 Å². The van der Waals surface area contributed by atoms with Crippen molar-refractivity contribution >= 4 is 17.4 Å². The van der Waals surface area contributed by atoms with Crippen molar-refractivity contribution in [1.82, 2.24) is 14.9 Å². The number of piperidine rings is 1. The normalized spacial score (nSPS) is 18.0. The van der Waals surface area contributed by atoms with Crippen molar-refractivity contribution in [2.24, 2.45) is 0 Å². The van der Waals surface area contributed by atoms with Crippen molar-refractivity contribution in [3.8, 4) is 0 Å². The fourth-order valence-electron chi connectivity index (χ4n) is 2.81. The van der Waals surface area contributed by atoms with Gasteiger partial charge in [-0.05, 0) is 37.1 Å². The van der Waals surface area contributed by atoms with Crippen LogP contribution in [0.1, 0.15) is 31.4 Å². The number of aromatic nitrogens is 2. The first-order chi connectivity index (χ1) is 10.7. The summed E-state index contributed by atoms with van der Waals surface area (Å²) in [6.45, 7) is 3.27. The smallest absolute Gasteiger partial charge is 0.219 e. The predicted molar refractivity (Wildman–Crippen MR) is 86.0 cm³/mol. The molecular formula is C17H20N4O. The van der Waals surface area contributed by atoms with Gasteiger partial charge >= 0.3 is 0 Å². The van der Waals surface area contributed by atoms with Crippen molar-refractivity contribution in [3.63, 3.8) is 0 Å². The van der Waals surface area contributed by atoms with Gasteiger partial charge in [-0.25, -0.2) is 4.98 Å². The molecule has 0 aromatic carbocycles. The summed E-state index contributed by atoms with van der Waals surface area (Å²) < 4.78 is 0. The summed E-state index contributed by atoms with van der Waals surface area (Å²) in [4.78, 5) is 22.2. The second-order valence-corrected chi connectivity index (χ2v) is 5.62. The summed E-state index contributed by atoms with van der Waals surface area (Å²) in [7, 11) is 0. The Labute approximate surface area is 130 Å². The molecule has 1 aliphatic rings. The van der Waals surface area contributed by atoms with Crippen LogP contribution in [0, 0.1) is 0 Å². The number of likely N-dealkylation sites (tertiary alicyclic amines) is 1. The van der Waals surface area contributed by atoms with Gasteiger partial charge in [0.2, 0.25) is 5.91 Å². The number of hydrogen-bond donors (Lipinski definition) is 1. The van der Waals surface area contributed by atoms with Crippen LogP contribution in [0.15, 0.2) is 42.7 Å². The standard InChI is InChI=1S/C17H20N4O/c1-13(22)21-10-4-5-14(12-21)16-8-7-15(11-19-16)20-17-6-2-3-9-18-17/h2-3,6-9,11,14H,4-5,10,12H2,1H3,(H,18,20)/t14-/m1/s1. The molecule has 0 bridgehead atoms. The molecule has 5 heteroatoms. The Kier molecular flexibility index (Phi) is 4.32. The number of rotatable bonds is 3. The first kappa shape index (κ1) is 14.5. The van der Waals surface area contributed by atoms with E-state index in [1.807, 2.05) is 41.4 Å². The van der Waals surface area contributed by atoms with E-state index in [2.05, 4.69) is 15.3 Å². The van der Waals surface area contributed by atoms with E-state index in [1.54, 1.807) is 13.1 Å². The predicted octanol–water partition coefficient (Wildman–Crippen LogP) is 2.95. The van der Waals surface area contributed by atoms with Gasteiger partial charge < -0.3 is 10.2 Å². The summed E-state index contributed by atoms with van der Waals surface area (Å²) >= 11 is 0. The molecule has 0 radical (unpaired) electrons. The van der Waals surface area contributed by atoms with E-state index >= 15 is 0 Å². The minimum Gasteiger partial charge on any atom is -0.342 e. The third-order valence-electron chi connectivity index (χ3n) is 4.01. The summed E-state index contributed by atoms with van der Waals surface area (Å²) in [5.74, 6) is 1.29. The molecule has 1 amide bonds. The summed E-state index contributed by atoms with van der Waals surface area (Å²) in [5.41, 5.74) is 1.97. The van der Waals surface area contributed by atoms with Crippen molar-refractivity contribution < 1.29 is 4.79 Å². The van der Waals surface area contributed by atoms with E-state index in [0.29, 0.717) is 5.92 Å². The van der Waals surface area contributed by atoms with E-state index in [1.165, 1.54) is 0 Å². The Morgan fingerprint density at radius 1 is 1.27 bits per heavy atom. The van der Waals surface area contributed by atoms with Crippen LogP contribution in [0.3, 0.4) is 0 Å². The minimum absolute atomic E-state index is 0.151. The Balaban J connectivity index is 1.67. The molecule has 0 aliphatic carbocycles. The Morgan fingerprint density at radius 2 is 2.18 bits per heavy atom. The third kappa shape index (κ3) is 3.42. The highest BCUT2D eigenvalue weighted by Gasteiger charge is 2.23. The van der Waals surface area contributed by atoms with Gasteiger partial charge in [-0.2, -0.15) is 0 Å². The van der Waals surface area contributed by atoms with Crippen LogP contribution < -0.4 is 5.32 Å². The molecule has 0 saturated carbocycles.